The van der Waals surface area contributed by atoms with Crippen molar-refractivity contribution >= 4 is 18.3 Å². The second kappa shape index (κ2) is 6.70. The predicted octanol–water partition coefficient (Wildman–Crippen LogP) is 0.586. The van der Waals surface area contributed by atoms with Gasteiger partial charge in [-0.25, -0.2) is 0 Å². The third kappa shape index (κ3) is 3.68. The number of nitrogens with one attached hydrogen (secondary N) is 1. The summed E-state index contributed by atoms with van der Waals surface area (Å²) in [4.78, 5) is 15.9. The molecule has 2 rings (SSSR count). The minimum atomic E-state index is -0.0283. The van der Waals surface area contributed by atoms with Crippen molar-refractivity contribution in [1.29, 1.82) is 0 Å². The Hall–Kier alpha value is -1.14. The number of aromatic nitrogens is 2. The molecule has 102 valence electrons. The van der Waals surface area contributed by atoms with Gasteiger partial charge in [0, 0.05) is 19.0 Å². The average molecular weight is 275 g/mol. The molecule has 6 nitrogen and oxygen atoms in total. The summed E-state index contributed by atoms with van der Waals surface area (Å²) in [6.07, 6.45) is 3.45. The van der Waals surface area contributed by atoms with Crippen LogP contribution >= 0.6 is 12.4 Å². The van der Waals surface area contributed by atoms with Crippen molar-refractivity contribution < 1.29 is 9.32 Å². The lowest BCUT2D eigenvalue weighted by Gasteiger charge is -2.14. The van der Waals surface area contributed by atoms with Gasteiger partial charge in [0.25, 0.3) is 0 Å². The van der Waals surface area contributed by atoms with Crippen molar-refractivity contribution in [3.63, 3.8) is 0 Å². The first-order valence-corrected chi connectivity index (χ1v) is 5.99. The minimum absolute atomic E-state index is 0. The smallest absolute Gasteiger partial charge is 0.228 e. The minimum Gasteiger partial charge on any atom is -0.355 e. The Balaban J connectivity index is 0.00000162. The standard InChI is InChI=1S/C11H18N4O2.ClH/c1-7-14-10(17-15-7)5-6-13-11(16)8-3-2-4-9(8)12;/h8-9H,2-6,12H2,1H3,(H,13,16);1H. The molecule has 0 saturated heterocycles. The van der Waals surface area contributed by atoms with E-state index in [2.05, 4.69) is 15.5 Å². The lowest BCUT2D eigenvalue weighted by molar-refractivity contribution is -0.125. The summed E-state index contributed by atoms with van der Waals surface area (Å²) in [5, 5.41) is 6.55. The number of carbonyl (C=O) groups is 1. The highest BCUT2D eigenvalue weighted by Crippen LogP contribution is 2.23. The van der Waals surface area contributed by atoms with Crippen LogP contribution in [0.3, 0.4) is 0 Å². The molecular formula is C11H19ClN4O2. The molecule has 0 radical (unpaired) electrons. The number of aryl methyl sites for hydroxylation is 1. The van der Waals surface area contributed by atoms with Gasteiger partial charge in [-0.15, -0.1) is 12.4 Å². The topological polar surface area (TPSA) is 94.0 Å². The molecule has 1 heterocycles. The van der Waals surface area contributed by atoms with E-state index in [9.17, 15) is 4.79 Å². The maximum absolute atomic E-state index is 11.8. The zero-order valence-electron chi connectivity index (χ0n) is 10.4. The molecule has 1 amide bonds. The fraction of sp³-hybridized carbons (Fsp3) is 0.727. The molecule has 0 aliphatic heterocycles. The van der Waals surface area contributed by atoms with Gasteiger partial charge in [0.15, 0.2) is 5.82 Å². The van der Waals surface area contributed by atoms with Crippen molar-refractivity contribution in [3.8, 4) is 0 Å². The van der Waals surface area contributed by atoms with Gasteiger partial charge in [-0.3, -0.25) is 4.79 Å². The summed E-state index contributed by atoms with van der Waals surface area (Å²) in [6.45, 7) is 2.28. The van der Waals surface area contributed by atoms with E-state index in [1.807, 2.05) is 0 Å². The summed E-state index contributed by atoms with van der Waals surface area (Å²) < 4.78 is 4.96. The van der Waals surface area contributed by atoms with Crippen LogP contribution < -0.4 is 11.1 Å². The quantitative estimate of drug-likeness (QED) is 0.838. The zero-order chi connectivity index (χ0) is 12.3. The molecule has 18 heavy (non-hydrogen) atoms. The fourth-order valence-corrected chi connectivity index (χ4v) is 2.18. The van der Waals surface area contributed by atoms with Crippen LogP contribution in [-0.4, -0.2) is 28.6 Å². The average Bonchev–Trinajstić information content (AvgIpc) is 2.87. The molecule has 2 unspecified atom stereocenters. The first-order chi connectivity index (χ1) is 8.16. The van der Waals surface area contributed by atoms with Gasteiger partial charge in [-0.2, -0.15) is 4.98 Å². The maximum atomic E-state index is 11.8. The van der Waals surface area contributed by atoms with Crippen LogP contribution in [0.25, 0.3) is 0 Å². The Morgan fingerprint density at radius 3 is 2.89 bits per heavy atom. The Labute approximate surface area is 112 Å². The number of nitrogens with two attached hydrogens (primary N) is 1. The van der Waals surface area contributed by atoms with Crippen molar-refractivity contribution in [2.45, 2.75) is 38.6 Å². The summed E-state index contributed by atoms with van der Waals surface area (Å²) in [6, 6.07) is 0.0145. The van der Waals surface area contributed by atoms with Gasteiger partial charge in [0.1, 0.15) is 0 Å². The van der Waals surface area contributed by atoms with E-state index in [-0.39, 0.29) is 30.3 Å². The van der Waals surface area contributed by atoms with Gasteiger partial charge in [-0.05, 0) is 19.8 Å². The fourth-order valence-electron chi connectivity index (χ4n) is 2.18. The van der Waals surface area contributed by atoms with Crippen LogP contribution in [0.4, 0.5) is 0 Å². The van der Waals surface area contributed by atoms with E-state index in [1.54, 1.807) is 6.92 Å². The molecule has 1 aromatic heterocycles. The lowest BCUT2D eigenvalue weighted by atomic mass is 10.0. The molecule has 0 bridgehead atoms. The monoisotopic (exact) mass is 274 g/mol. The van der Waals surface area contributed by atoms with Crippen LogP contribution in [-0.2, 0) is 11.2 Å². The van der Waals surface area contributed by atoms with Crippen LogP contribution in [0.2, 0.25) is 0 Å². The number of hydrogen-bond acceptors (Lipinski definition) is 5. The Bertz CT molecular complexity index is 396. The SMILES string of the molecule is Cc1noc(CCNC(=O)C2CCCC2N)n1.Cl. The number of amides is 1. The molecule has 1 aliphatic carbocycles. The van der Waals surface area contributed by atoms with E-state index < -0.39 is 0 Å². The Morgan fingerprint density at radius 2 is 2.33 bits per heavy atom. The number of hydrogen-bond donors (Lipinski definition) is 2. The molecule has 1 aliphatic rings. The Morgan fingerprint density at radius 1 is 1.56 bits per heavy atom. The van der Waals surface area contributed by atoms with E-state index in [4.69, 9.17) is 10.3 Å². The summed E-state index contributed by atoms with van der Waals surface area (Å²) in [5.74, 6) is 1.19. The number of nitrogens with zero attached hydrogens (tertiary/aromatic N) is 2. The molecule has 1 fully saturated rings. The molecule has 0 aromatic carbocycles. The summed E-state index contributed by atoms with van der Waals surface area (Å²) >= 11 is 0. The molecule has 3 N–H and O–H groups in total. The number of rotatable bonds is 4. The van der Waals surface area contributed by atoms with Crippen molar-refractivity contribution in [2.75, 3.05) is 6.54 Å². The highest BCUT2D eigenvalue weighted by Gasteiger charge is 2.29. The predicted molar refractivity (Wildman–Crippen MR) is 68.3 cm³/mol. The van der Waals surface area contributed by atoms with Crippen LogP contribution in [0.15, 0.2) is 4.52 Å². The second-order valence-corrected chi connectivity index (χ2v) is 4.48. The van der Waals surface area contributed by atoms with Crippen LogP contribution in [0.5, 0.6) is 0 Å². The molecule has 0 spiro atoms. The van der Waals surface area contributed by atoms with Gasteiger partial charge in [-0.1, -0.05) is 11.6 Å². The largest absolute Gasteiger partial charge is 0.355 e. The van der Waals surface area contributed by atoms with E-state index >= 15 is 0 Å². The third-order valence-electron chi connectivity index (χ3n) is 3.11. The summed E-state index contributed by atoms with van der Waals surface area (Å²) in [5.41, 5.74) is 5.86. The first kappa shape index (κ1) is 14.9. The number of halogens is 1. The highest BCUT2D eigenvalue weighted by atomic mass is 35.5. The van der Waals surface area contributed by atoms with Crippen LogP contribution in [0, 0.1) is 12.8 Å². The highest BCUT2D eigenvalue weighted by molar-refractivity contribution is 5.85. The van der Waals surface area contributed by atoms with Crippen molar-refractivity contribution in [3.05, 3.63) is 11.7 Å². The first-order valence-electron chi connectivity index (χ1n) is 5.99. The maximum Gasteiger partial charge on any atom is 0.228 e. The molecular weight excluding hydrogens is 256 g/mol. The van der Waals surface area contributed by atoms with Crippen molar-refractivity contribution in [1.82, 2.24) is 15.5 Å². The Kier molecular flexibility index (Phi) is 5.55. The lowest BCUT2D eigenvalue weighted by Crippen LogP contribution is -2.39. The number of carbonyl (C=O) groups excluding carboxylic acids is 1. The van der Waals surface area contributed by atoms with E-state index in [0.29, 0.717) is 24.7 Å². The van der Waals surface area contributed by atoms with Crippen LogP contribution in [0.1, 0.15) is 31.0 Å². The second-order valence-electron chi connectivity index (χ2n) is 4.48. The van der Waals surface area contributed by atoms with Gasteiger partial charge in [0.05, 0.1) is 5.92 Å². The van der Waals surface area contributed by atoms with Gasteiger partial charge < -0.3 is 15.6 Å². The molecule has 2 atom stereocenters. The van der Waals surface area contributed by atoms with E-state index in [0.717, 1.165) is 19.3 Å². The van der Waals surface area contributed by atoms with Gasteiger partial charge >= 0.3 is 0 Å². The van der Waals surface area contributed by atoms with Gasteiger partial charge in [0.2, 0.25) is 11.8 Å². The van der Waals surface area contributed by atoms with E-state index in [1.165, 1.54) is 0 Å². The molecule has 1 saturated carbocycles. The normalized spacial score (nSPS) is 22.6. The summed E-state index contributed by atoms with van der Waals surface area (Å²) in [7, 11) is 0. The third-order valence-corrected chi connectivity index (χ3v) is 3.11. The molecule has 7 heteroatoms. The zero-order valence-corrected chi connectivity index (χ0v) is 11.2. The van der Waals surface area contributed by atoms with Crippen molar-refractivity contribution in [2.24, 2.45) is 11.7 Å². The molecule has 1 aromatic rings.